The maximum atomic E-state index is 12.3. The lowest BCUT2D eigenvalue weighted by molar-refractivity contribution is -0.144. The van der Waals surface area contributed by atoms with Crippen molar-refractivity contribution in [2.75, 3.05) is 26.2 Å². The van der Waals surface area contributed by atoms with Gasteiger partial charge >= 0.3 is 17.8 Å². The Hall–Kier alpha value is -1.93. The summed E-state index contributed by atoms with van der Waals surface area (Å²) in [6, 6.07) is -0.765. The lowest BCUT2D eigenvalue weighted by Gasteiger charge is -2.23. The number of hydrogen-bond acceptors (Lipinski definition) is 5. The van der Waals surface area contributed by atoms with Crippen molar-refractivity contribution < 1.29 is 19.2 Å². The second-order valence-corrected chi connectivity index (χ2v) is 5.61. The summed E-state index contributed by atoms with van der Waals surface area (Å²) in [5, 5.41) is 0. The fourth-order valence-electron chi connectivity index (χ4n) is 2.87. The molecule has 8 nitrogen and oxygen atoms in total. The number of nitrogens with zero attached hydrogens (tertiary/aromatic N) is 3. The first kappa shape index (κ1) is 19.1. The van der Waals surface area contributed by atoms with Gasteiger partial charge in [-0.05, 0) is 25.8 Å². The molecule has 0 radical (unpaired) electrons. The number of hydrogen-bond donors (Lipinski definition) is 1. The SMILES string of the molecule is C=CCN1C(=O)C(=O)N(CC(=O)N2CC(CN)CC2C)C1=O.Cl. The van der Waals surface area contributed by atoms with Gasteiger partial charge in [0.2, 0.25) is 5.91 Å². The van der Waals surface area contributed by atoms with Crippen molar-refractivity contribution in [2.45, 2.75) is 19.4 Å². The highest BCUT2D eigenvalue weighted by atomic mass is 35.5. The first-order valence-corrected chi connectivity index (χ1v) is 7.18. The zero-order valence-corrected chi connectivity index (χ0v) is 13.8. The number of carbonyl (C=O) groups excluding carboxylic acids is 4. The second kappa shape index (κ2) is 7.56. The van der Waals surface area contributed by atoms with Crippen LogP contribution in [0.25, 0.3) is 0 Å². The van der Waals surface area contributed by atoms with Crippen LogP contribution in [-0.2, 0) is 14.4 Å². The Morgan fingerprint density at radius 1 is 1.30 bits per heavy atom. The van der Waals surface area contributed by atoms with Crippen LogP contribution in [0.3, 0.4) is 0 Å². The molecule has 0 aromatic heterocycles. The zero-order valence-electron chi connectivity index (χ0n) is 12.9. The van der Waals surface area contributed by atoms with Crippen molar-refractivity contribution in [3.8, 4) is 0 Å². The highest BCUT2D eigenvalue weighted by Crippen LogP contribution is 2.23. The predicted molar refractivity (Wildman–Crippen MR) is 84.6 cm³/mol. The molecule has 5 amide bonds. The van der Waals surface area contributed by atoms with E-state index in [9.17, 15) is 19.2 Å². The first-order valence-electron chi connectivity index (χ1n) is 7.18. The van der Waals surface area contributed by atoms with Gasteiger partial charge in [-0.1, -0.05) is 6.08 Å². The highest BCUT2D eigenvalue weighted by molar-refractivity contribution is 6.45. The minimum atomic E-state index is -0.970. The minimum absolute atomic E-state index is 0. The molecule has 2 fully saturated rings. The molecule has 0 bridgehead atoms. The van der Waals surface area contributed by atoms with E-state index in [1.807, 2.05) is 6.92 Å². The molecule has 2 saturated heterocycles. The van der Waals surface area contributed by atoms with Crippen LogP contribution in [0.1, 0.15) is 13.3 Å². The standard InChI is InChI=1S/C14H20N4O4.ClH/c1-3-4-16-12(20)13(21)18(14(16)22)8-11(19)17-7-10(6-15)5-9(17)2;/h3,9-10H,1,4-8,15H2,2H3;1H. The van der Waals surface area contributed by atoms with Gasteiger partial charge in [-0.15, -0.1) is 19.0 Å². The molecule has 0 aromatic carbocycles. The summed E-state index contributed by atoms with van der Waals surface area (Å²) >= 11 is 0. The van der Waals surface area contributed by atoms with Gasteiger partial charge in [0.1, 0.15) is 6.54 Å². The topological polar surface area (TPSA) is 104 Å². The van der Waals surface area contributed by atoms with E-state index < -0.39 is 24.4 Å². The van der Waals surface area contributed by atoms with Crippen LogP contribution in [0.4, 0.5) is 4.79 Å². The molecule has 2 heterocycles. The molecule has 0 saturated carbocycles. The second-order valence-electron chi connectivity index (χ2n) is 5.61. The number of rotatable bonds is 5. The number of likely N-dealkylation sites (tertiary alicyclic amines) is 1. The maximum Gasteiger partial charge on any atom is 0.335 e. The third-order valence-corrected chi connectivity index (χ3v) is 4.06. The number of amides is 5. The van der Waals surface area contributed by atoms with Crippen molar-refractivity contribution in [2.24, 2.45) is 11.7 Å². The van der Waals surface area contributed by atoms with Crippen molar-refractivity contribution in [1.29, 1.82) is 0 Å². The summed E-state index contributed by atoms with van der Waals surface area (Å²) in [5.74, 6) is -2.02. The molecule has 0 aromatic rings. The van der Waals surface area contributed by atoms with Crippen LogP contribution in [0.15, 0.2) is 12.7 Å². The Morgan fingerprint density at radius 2 is 1.91 bits per heavy atom. The number of carbonyl (C=O) groups is 4. The fraction of sp³-hybridized carbons (Fsp3) is 0.571. The van der Waals surface area contributed by atoms with Crippen LogP contribution in [0, 0.1) is 5.92 Å². The summed E-state index contributed by atoms with van der Waals surface area (Å²) < 4.78 is 0. The van der Waals surface area contributed by atoms with Crippen LogP contribution >= 0.6 is 12.4 Å². The maximum absolute atomic E-state index is 12.3. The van der Waals surface area contributed by atoms with Gasteiger partial charge in [-0.3, -0.25) is 19.3 Å². The first-order chi connectivity index (χ1) is 10.4. The third-order valence-electron chi connectivity index (χ3n) is 4.06. The van der Waals surface area contributed by atoms with Crippen molar-refractivity contribution >= 4 is 36.2 Å². The Morgan fingerprint density at radius 3 is 2.43 bits per heavy atom. The normalized spacial score (nSPS) is 24.3. The predicted octanol–water partition coefficient (Wildman–Crippen LogP) is -0.419. The molecule has 2 unspecified atom stereocenters. The molecule has 9 heteroatoms. The summed E-state index contributed by atoms with van der Waals surface area (Å²) in [5.41, 5.74) is 5.62. The molecule has 2 atom stereocenters. The molecule has 0 spiro atoms. The van der Waals surface area contributed by atoms with Gasteiger partial charge in [-0.25, -0.2) is 9.69 Å². The smallest absolute Gasteiger partial charge is 0.335 e. The summed E-state index contributed by atoms with van der Waals surface area (Å²) in [7, 11) is 0. The van der Waals surface area contributed by atoms with E-state index in [2.05, 4.69) is 6.58 Å². The summed E-state index contributed by atoms with van der Waals surface area (Å²) in [4.78, 5) is 51.0. The van der Waals surface area contributed by atoms with Gasteiger partial charge in [0.25, 0.3) is 0 Å². The number of halogens is 1. The largest absolute Gasteiger partial charge is 0.338 e. The van der Waals surface area contributed by atoms with Crippen LogP contribution in [0.5, 0.6) is 0 Å². The Labute approximate surface area is 140 Å². The summed E-state index contributed by atoms with van der Waals surface area (Å²) in [6.07, 6.45) is 2.15. The Balaban J connectivity index is 0.00000264. The number of nitrogens with two attached hydrogens (primary N) is 1. The third kappa shape index (κ3) is 3.53. The van der Waals surface area contributed by atoms with E-state index >= 15 is 0 Å². The minimum Gasteiger partial charge on any atom is -0.338 e. The zero-order chi connectivity index (χ0) is 16.4. The van der Waals surface area contributed by atoms with Crippen LogP contribution in [0.2, 0.25) is 0 Å². The van der Waals surface area contributed by atoms with Crippen molar-refractivity contribution in [1.82, 2.24) is 14.7 Å². The Kier molecular flexibility index (Phi) is 6.28. The van der Waals surface area contributed by atoms with Crippen LogP contribution in [-0.4, -0.2) is 70.7 Å². The van der Waals surface area contributed by atoms with E-state index in [1.165, 1.54) is 6.08 Å². The number of imide groups is 2. The monoisotopic (exact) mass is 344 g/mol. The molecule has 2 rings (SSSR count). The molecule has 2 aliphatic rings. The van der Waals surface area contributed by atoms with Crippen molar-refractivity contribution in [3.63, 3.8) is 0 Å². The molecule has 2 aliphatic heterocycles. The summed E-state index contributed by atoms with van der Waals surface area (Å²) in [6.45, 7) is 5.86. The average Bonchev–Trinajstić information content (AvgIpc) is 2.96. The lowest BCUT2D eigenvalue weighted by atomic mass is 10.1. The van der Waals surface area contributed by atoms with E-state index in [0.29, 0.717) is 18.0 Å². The van der Waals surface area contributed by atoms with E-state index in [-0.39, 0.29) is 36.8 Å². The number of urea groups is 1. The molecule has 23 heavy (non-hydrogen) atoms. The average molecular weight is 345 g/mol. The van der Waals surface area contributed by atoms with Gasteiger partial charge in [-0.2, -0.15) is 0 Å². The van der Waals surface area contributed by atoms with Gasteiger partial charge < -0.3 is 10.6 Å². The van der Waals surface area contributed by atoms with Crippen molar-refractivity contribution in [3.05, 3.63) is 12.7 Å². The molecule has 0 aliphatic carbocycles. The van der Waals surface area contributed by atoms with Gasteiger partial charge in [0.05, 0.1) is 0 Å². The Bertz CT molecular complexity index is 539. The van der Waals surface area contributed by atoms with Gasteiger partial charge in [0.15, 0.2) is 0 Å². The molecular formula is C14H21ClN4O4. The fourth-order valence-corrected chi connectivity index (χ4v) is 2.87. The molecule has 2 N–H and O–H groups in total. The van der Waals surface area contributed by atoms with E-state index in [0.717, 1.165) is 11.3 Å². The van der Waals surface area contributed by atoms with E-state index in [4.69, 9.17) is 5.73 Å². The molecule has 128 valence electrons. The van der Waals surface area contributed by atoms with E-state index in [1.54, 1.807) is 4.90 Å². The quantitative estimate of drug-likeness (QED) is 0.414. The van der Waals surface area contributed by atoms with Crippen LogP contribution < -0.4 is 5.73 Å². The lowest BCUT2D eigenvalue weighted by Crippen LogP contribution is -2.44. The molecular weight excluding hydrogens is 324 g/mol. The highest BCUT2D eigenvalue weighted by Gasteiger charge is 2.45. The van der Waals surface area contributed by atoms with Gasteiger partial charge in [0, 0.05) is 19.1 Å².